The number of nitrogens with two attached hydrogens (primary N) is 1. The lowest BCUT2D eigenvalue weighted by Gasteiger charge is -2.13. The topological polar surface area (TPSA) is 106 Å². The van der Waals surface area contributed by atoms with Crippen LogP contribution in [0.25, 0.3) is 11.1 Å². The molecule has 2 atom stereocenters. The number of Topliss-reactive ketones (excluding diaryl/α,β-unsaturated/α-hetero) is 1. The molecule has 1 heterocycles. The van der Waals surface area contributed by atoms with Crippen LogP contribution in [0.1, 0.15) is 62.0 Å². The van der Waals surface area contributed by atoms with Crippen molar-refractivity contribution in [2.24, 2.45) is 22.6 Å². The number of allylic oxidation sites excluding steroid dienone is 1. The van der Waals surface area contributed by atoms with Crippen molar-refractivity contribution in [1.29, 1.82) is 10.5 Å². The van der Waals surface area contributed by atoms with E-state index < -0.39 is 0 Å². The highest BCUT2D eigenvalue weighted by Gasteiger charge is 2.16. The molecule has 0 aliphatic carbocycles. The number of likely N-dealkylation sites (tertiary alicyclic amines) is 1. The van der Waals surface area contributed by atoms with E-state index >= 15 is 0 Å². The molecule has 1 aliphatic heterocycles. The third kappa shape index (κ3) is 10.6. The minimum Gasteiger partial charge on any atom is -0.405 e. The van der Waals surface area contributed by atoms with Crippen molar-refractivity contribution in [2.45, 2.75) is 47.0 Å². The summed E-state index contributed by atoms with van der Waals surface area (Å²) in [6, 6.07) is 15.7. The van der Waals surface area contributed by atoms with Crippen molar-refractivity contribution in [3.05, 3.63) is 71.4 Å². The van der Waals surface area contributed by atoms with E-state index in [4.69, 9.17) is 16.3 Å². The number of hydrogen-bond acceptors (Lipinski definition) is 6. The van der Waals surface area contributed by atoms with E-state index in [1.165, 1.54) is 12.6 Å². The van der Waals surface area contributed by atoms with Gasteiger partial charge in [-0.15, -0.1) is 0 Å². The van der Waals surface area contributed by atoms with E-state index in [9.17, 15) is 4.79 Å². The van der Waals surface area contributed by atoms with Gasteiger partial charge in [0.1, 0.15) is 0 Å². The minimum atomic E-state index is 0.0941. The summed E-state index contributed by atoms with van der Waals surface area (Å²) in [6.07, 6.45) is 10.1. The van der Waals surface area contributed by atoms with Crippen LogP contribution in [-0.2, 0) is 6.42 Å². The monoisotopic (exact) mass is 485 g/mol. The number of benzene rings is 2. The van der Waals surface area contributed by atoms with E-state index in [0.29, 0.717) is 11.5 Å². The first-order valence-electron chi connectivity index (χ1n) is 12.4. The highest BCUT2D eigenvalue weighted by atomic mass is 16.1. The molecule has 1 saturated heterocycles. The fourth-order valence-electron chi connectivity index (χ4n) is 3.71. The fraction of sp³-hybridized carbons (Fsp3) is 0.400. The first-order valence-corrected chi connectivity index (χ1v) is 12.4. The molecule has 0 aromatic heterocycles. The van der Waals surface area contributed by atoms with Crippen molar-refractivity contribution >= 4 is 12.0 Å². The molecule has 1 aliphatic rings. The molecule has 2 unspecified atom stereocenters. The standard InChI is InChI=1S/C20H21NO.C6H10N2.C4H8N2/c1-4-14(2)10-19-9-8-18(12-20(19)15(3)22)17-7-5-6-16(11-17)13-21;1-6-2-3-8(4-6)5-7;1-6-4-2-3-5/h5-9,11-12,14H,4,10H2,1-3H3;6H,2-4H2,1H3;2-4H,5H2,1H3/b;;3-2-,6-4?. The predicted octanol–water partition coefficient (Wildman–Crippen LogP) is 5.99. The average molecular weight is 486 g/mol. The van der Waals surface area contributed by atoms with Gasteiger partial charge in [0.25, 0.3) is 0 Å². The normalized spacial score (nSPS) is 15.3. The zero-order valence-corrected chi connectivity index (χ0v) is 22.2. The number of nitrogens with zero attached hydrogens (tertiary/aromatic N) is 4. The molecule has 0 spiro atoms. The largest absolute Gasteiger partial charge is 0.405 e. The maximum atomic E-state index is 12.0. The Labute approximate surface area is 216 Å². The molecule has 190 valence electrons. The van der Waals surface area contributed by atoms with Crippen LogP contribution in [0, 0.1) is 34.6 Å². The van der Waals surface area contributed by atoms with E-state index in [2.05, 4.69) is 44.1 Å². The second-order valence-electron chi connectivity index (χ2n) is 9.07. The Bertz CT molecular complexity index is 1100. The van der Waals surface area contributed by atoms with Gasteiger partial charge in [0.15, 0.2) is 12.0 Å². The van der Waals surface area contributed by atoms with Crippen LogP contribution in [0.2, 0.25) is 0 Å². The van der Waals surface area contributed by atoms with Gasteiger partial charge in [-0.3, -0.25) is 9.79 Å². The molecule has 0 amide bonds. The second kappa shape index (κ2) is 16.7. The van der Waals surface area contributed by atoms with Gasteiger partial charge in [-0.25, -0.2) is 0 Å². The lowest BCUT2D eigenvalue weighted by atomic mass is 9.91. The molecule has 1 fully saturated rings. The van der Waals surface area contributed by atoms with Crippen LogP contribution in [0.15, 0.2) is 59.7 Å². The third-order valence-corrected chi connectivity index (χ3v) is 5.99. The van der Waals surface area contributed by atoms with Gasteiger partial charge < -0.3 is 10.6 Å². The van der Waals surface area contributed by atoms with E-state index in [1.807, 2.05) is 35.2 Å². The molecular formula is C30H39N5O. The summed E-state index contributed by atoms with van der Waals surface area (Å²) < 4.78 is 0. The van der Waals surface area contributed by atoms with Gasteiger partial charge in [0.2, 0.25) is 0 Å². The Hall–Kier alpha value is -3.90. The molecule has 0 radical (unpaired) electrons. The van der Waals surface area contributed by atoms with Crippen molar-refractivity contribution < 1.29 is 4.79 Å². The van der Waals surface area contributed by atoms with Crippen LogP contribution in [0.3, 0.4) is 0 Å². The third-order valence-electron chi connectivity index (χ3n) is 5.99. The van der Waals surface area contributed by atoms with Crippen LogP contribution < -0.4 is 5.73 Å². The minimum absolute atomic E-state index is 0.0941. The van der Waals surface area contributed by atoms with Crippen molar-refractivity contribution in [3.8, 4) is 23.4 Å². The molecule has 0 saturated carbocycles. The Morgan fingerprint density at radius 1 is 1.25 bits per heavy atom. The fourth-order valence-corrected chi connectivity index (χ4v) is 3.71. The number of aliphatic imine (C=N–C) groups is 1. The van der Waals surface area contributed by atoms with E-state index in [1.54, 1.807) is 32.3 Å². The summed E-state index contributed by atoms with van der Waals surface area (Å²) in [7, 11) is 1.69. The summed E-state index contributed by atoms with van der Waals surface area (Å²) in [5.41, 5.74) is 9.43. The zero-order chi connectivity index (χ0) is 26.9. The van der Waals surface area contributed by atoms with Crippen molar-refractivity contribution in [1.82, 2.24) is 4.90 Å². The van der Waals surface area contributed by atoms with Crippen LogP contribution in [0.4, 0.5) is 0 Å². The summed E-state index contributed by atoms with van der Waals surface area (Å²) in [5.74, 6) is 1.39. The molecule has 2 aromatic carbocycles. The zero-order valence-electron chi connectivity index (χ0n) is 22.2. The van der Waals surface area contributed by atoms with Crippen LogP contribution in [-0.4, -0.2) is 37.0 Å². The molecule has 6 nitrogen and oxygen atoms in total. The second-order valence-corrected chi connectivity index (χ2v) is 9.07. The lowest BCUT2D eigenvalue weighted by molar-refractivity contribution is 0.101. The molecule has 6 heteroatoms. The first-order chi connectivity index (χ1) is 17.3. The smallest absolute Gasteiger partial charge is 0.179 e. The van der Waals surface area contributed by atoms with Gasteiger partial charge in [0.05, 0.1) is 11.6 Å². The SMILES string of the molecule is CC1CCN(C#N)C1.CCC(C)Cc1ccc(-c2cccc(C#N)c2)cc1C(C)=O.CN=C/C=C\N. The Balaban J connectivity index is 0.000000377. The van der Waals surface area contributed by atoms with Gasteiger partial charge in [-0.05, 0) is 78.8 Å². The first kappa shape index (κ1) is 30.1. The van der Waals surface area contributed by atoms with Gasteiger partial charge in [-0.1, -0.05) is 51.5 Å². The number of hydrogen-bond donors (Lipinski definition) is 1. The van der Waals surface area contributed by atoms with E-state index in [0.717, 1.165) is 54.1 Å². The summed E-state index contributed by atoms with van der Waals surface area (Å²) in [5, 5.41) is 17.4. The van der Waals surface area contributed by atoms with Crippen LogP contribution in [0.5, 0.6) is 0 Å². The van der Waals surface area contributed by atoms with Crippen LogP contribution >= 0.6 is 0 Å². The van der Waals surface area contributed by atoms with Gasteiger partial charge >= 0.3 is 0 Å². The summed E-state index contributed by atoms with van der Waals surface area (Å²) >= 11 is 0. The number of carbonyl (C=O) groups excluding carboxylic acids is 1. The number of ketones is 1. The maximum absolute atomic E-state index is 12.0. The highest BCUT2D eigenvalue weighted by Crippen LogP contribution is 2.25. The average Bonchev–Trinajstić information content (AvgIpc) is 3.33. The Morgan fingerprint density at radius 3 is 2.44 bits per heavy atom. The molecule has 2 N–H and O–H groups in total. The molecule has 36 heavy (non-hydrogen) atoms. The quantitative estimate of drug-likeness (QED) is 0.307. The van der Waals surface area contributed by atoms with Crippen molar-refractivity contribution in [3.63, 3.8) is 0 Å². The predicted molar refractivity (Wildman–Crippen MR) is 148 cm³/mol. The number of nitriles is 2. The summed E-state index contributed by atoms with van der Waals surface area (Å²) in [6.45, 7) is 10.1. The molecule has 3 rings (SSSR count). The Kier molecular flexibility index (Phi) is 14.0. The van der Waals surface area contributed by atoms with E-state index in [-0.39, 0.29) is 5.78 Å². The lowest BCUT2D eigenvalue weighted by Crippen LogP contribution is -2.12. The maximum Gasteiger partial charge on any atom is 0.179 e. The Morgan fingerprint density at radius 2 is 1.97 bits per heavy atom. The molecule has 2 aromatic rings. The number of rotatable bonds is 6. The van der Waals surface area contributed by atoms with Crippen molar-refractivity contribution in [2.75, 3.05) is 20.1 Å². The molecule has 0 bridgehead atoms. The van der Waals surface area contributed by atoms with Gasteiger partial charge in [-0.2, -0.15) is 10.5 Å². The number of carbonyl (C=O) groups is 1. The summed E-state index contributed by atoms with van der Waals surface area (Å²) in [4.78, 5) is 17.4. The molecular weight excluding hydrogens is 446 g/mol. The van der Waals surface area contributed by atoms with Gasteiger partial charge in [0, 0.05) is 31.9 Å². The highest BCUT2D eigenvalue weighted by molar-refractivity contribution is 5.97.